The van der Waals surface area contributed by atoms with Crippen LogP contribution >= 0.6 is 15.9 Å². The maximum atomic E-state index is 5.73. The van der Waals surface area contributed by atoms with Crippen LogP contribution in [0.5, 0.6) is 0 Å². The number of aromatic nitrogens is 2. The maximum Gasteiger partial charge on any atom is 0.247 e. The first-order chi connectivity index (χ1) is 10.7. The van der Waals surface area contributed by atoms with Crippen molar-refractivity contribution in [3.63, 3.8) is 0 Å². The molecule has 3 rings (SSSR count). The van der Waals surface area contributed by atoms with Crippen molar-refractivity contribution in [3.8, 4) is 11.5 Å². The highest BCUT2D eigenvalue weighted by molar-refractivity contribution is 9.10. The average molecular weight is 358 g/mol. The lowest BCUT2D eigenvalue weighted by Gasteiger charge is -2.15. The van der Waals surface area contributed by atoms with Crippen molar-refractivity contribution in [3.05, 3.63) is 70.5 Å². The highest BCUT2D eigenvalue weighted by Crippen LogP contribution is 2.20. The van der Waals surface area contributed by atoms with Crippen LogP contribution in [0.4, 0.5) is 0 Å². The molecule has 0 atom stereocenters. The molecule has 22 heavy (non-hydrogen) atoms. The van der Waals surface area contributed by atoms with E-state index in [9.17, 15) is 0 Å². The Morgan fingerprint density at radius 1 is 0.955 bits per heavy atom. The van der Waals surface area contributed by atoms with Gasteiger partial charge in [0.2, 0.25) is 11.8 Å². The van der Waals surface area contributed by atoms with Gasteiger partial charge < -0.3 is 4.42 Å². The minimum Gasteiger partial charge on any atom is -0.419 e. The number of benzene rings is 2. The van der Waals surface area contributed by atoms with Crippen molar-refractivity contribution < 1.29 is 4.42 Å². The van der Waals surface area contributed by atoms with Crippen LogP contribution in [0.1, 0.15) is 11.5 Å². The molecule has 0 saturated heterocycles. The number of halogens is 1. The molecule has 3 aromatic rings. The summed E-state index contributed by atoms with van der Waals surface area (Å²) in [6.45, 7) is 1.42. The van der Waals surface area contributed by atoms with Crippen LogP contribution in [0.3, 0.4) is 0 Å². The third kappa shape index (κ3) is 3.61. The topological polar surface area (TPSA) is 42.2 Å². The molecule has 0 spiro atoms. The second-order valence-electron chi connectivity index (χ2n) is 5.13. The molecular formula is C17H16BrN3O. The normalized spacial score (nSPS) is 11.0. The van der Waals surface area contributed by atoms with E-state index >= 15 is 0 Å². The Morgan fingerprint density at radius 2 is 1.68 bits per heavy atom. The van der Waals surface area contributed by atoms with E-state index in [2.05, 4.69) is 37.1 Å². The standard InChI is InChI=1S/C17H16BrN3O/c1-21(11-14-9-5-6-10-15(14)18)12-16-19-20-17(22-16)13-7-3-2-4-8-13/h2-10H,11-12H2,1H3. The number of rotatable bonds is 5. The minimum absolute atomic E-state index is 0.560. The number of nitrogens with zero attached hydrogens (tertiary/aromatic N) is 3. The van der Waals surface area contributed by atoms with Crippen molar-refractivity contribution in [2.24, 2.45) is 0 Å². The molecule has 0 aliphatic rings. The van der Waals surface area contributed by atoms with Crippen LogP contribution in [-0.4, -0.2) is 22.1 Å². The summed E-state index contributed by atoms with van der Waals surface area (Å²) in [5, 5.41) is 8.24. The van der Waals surface area contributed by atoms with Gasteiger partial charge >= 0.3 is 0 Å². The first-order valence-corrected chi connectivity index (χ1v) is 7.81. The molecule has 4 nitrogen and oxygen atoms in total. The molecular weight excluding hydrogens is 342 g/mol. The zero-order chi connectivity index (χ0) is 15.4. The van der Waals surface area contributed by atoms with Gasteiger partial charge in [-0.25, -0.2) is 0 Å². The minimum atomic E-state index is 0.560. The molecule has 0 radical (unpaired) electrons. The summed E-state index contributed by atoms with van der Waals surface area (Å²) in [6.07, 6.45) is 0. The first kappa shape index (κ1) is 14.9. The summed E-state index contributed by atoms with van der Waals surface area (Å²) in [4.78, 5) is 2.14. The molecule has 1 aromatic heterocycles. The predicted molar refractivity (Wildman–Crippen MR) is 89.0 cm³/mol. The Morgan fingerprint density at radius 3 is 2.45 bits per heavy atom. The summed E-state index contributed by atoms with van der Waals surface area (Å²) >= 11 is 3.57. The SMILES string of the molecule is CN(Cc1nnc(-c2ccccc2)o1)Cc1ccccc1Br. The molecule has 0 aliphatic carbocycles. The van der Waals surface area contributed by atoms with Gasteiger partial charge in [-0.3, -0.25) is 4.90 Å². The molecule has 0 fully saturated rings. The van der Waals surface area contributed by atoms with Gasteiger partial charge in [0.1, 0.15) is 0 Å². The summed E-state index contributed by atoms with van der Waals surface area (Å²) in [7, 11) is 2.03. The number of hydrogen-bond acceptors (Lipinski definition) is 4. The van der Waals surface area contributed by atoms with E-state index in [1.165, 1.54) is 5.56 Å². The molecule has 0 bridgehead atoms. The third-order valence-corrected chi connectivity index (χ3v) is 4.06. The predicted octanol–water partition coefficient (Wildman–Crippen LogP) is 4.13. The Balaban J connectivity index is 1.66. The van der Waals surface area contributed by atoms with E-state index in [0.29, 0.717) is 18.3 Å². The molecule has 112 valence electrons. The molecule has 5 heteroatoms. The Kier molecular flexibility index (Phi) is 4.65. The molecule has 1 heterocycles. The molecule has 0 N–H and O–H groups in total. The summed E-state index contributed by atoms with van der Waals surface area (Å²) < 4.78 is 6.84. The van der Waals surface area contributed by atoms with Crippen LogP contribution in [0.15, 0.2) is 63.5 Å². The molecule has 0 aliphatic heterocycles. The van der Waals surface area contributed by atoms with Crippen molar-refractivity contribution in [1.29, 1.82) is 0 Å². The van der Waals surface area contributed by atoms with Gasteiger partial charge in [-0.1, -0.05) is 52.3 Å². The van der Waals surface area contributed by atoms with Crippen LogP contribution in [0.2, 0.25) is 0 Å². The van der Waals surface area contributed by atoms with Crippen molar-refractivity contribution in [2.75, 3.05) is 7.05 Å². The molecule has 0 amide bonds. The quantitative estimate of drug-likeness (QED) is 0.688. The van der Waals surface area contributed by atoms with Crippen LogP contribution in [0, 0.1) is 0 Å². The summed E-state index contributed by atoms with van der Waals surface area (Å²) in [5.74, 6) is 1.18. The Labute approximate surface area is 137 Å². The van der Waals surface area contributed by atoms with Crippen LogP contribution in [-0.2, 0) is 13.1 Å². The summed E-state index contributed by atoms with van der Waals surface area (Å²) in [5.41, 5.74) is 2.17. The lowest BCUT2D eigenvalue weighted by atomic mass is 10.2. The zero-order valence-corrected chi connectivity index (χ0v) is 13.8. The van der Waals surface area contributed by atoms with Crippen molar-refractivity contribution >= 4 is 15.9 Å². The fourth-order valence-electron chi connectivity index (χ4n) is 2.22. The van der Waals surface area contributed by atoms with E-state index in [1.54, 1.807) is 0 Å². The van der Waals surface area contributed by atoms with Gasteiger partial charge in [-0.05, 0) is 30.8 Å². The van der Waals surface area contributed by atoms with Crippen molar-refractivity contribution in [1.82, 2.24) is 15.1 Å². The van der Waals surface area contributed by atoms with Crippen LogP contribution < -0.4 is 0 Å². The fourth-order valence-corrected chi connectivity index (χ4v) is 2.63. The molecule has 0 unspecified atom stereocenters. The van der Waals surface area contributed by atoms with Gasteiger partial charge in [-0.15, -0.1) is 10.2 Å². The van der Waals surface area contributed by atoms with Gasteiger partial charge in [0.15, 0.2) is 0 Å². The van der Waals surface area contributed by atoms with Gasteiger partial charge in [-0.2, -0.15) is 0 Å². The van der Waals surface area contributed by atoms with Gasteiger partial charge in [0.25, 0.3) is 0 Å². The second kappa shape index (κ2) is 6.85. The van der Waals surface area contributed by atoms with E-state index in [1.807, 2.05) is 55.6 Å². The second-order valence-corrected chi connectivity index (χ2v) is 5.99. The average Bonchev–Trinajstić information content (AvgIpc) is 2.99. The van der Waals surface area contributed by atoms with E-state index in [0.717, 1.165) is 16.6 Å². The maximum absolute atomic E-state index is 5.73. The summed E-state index contributed by atoms with van der Waals surface area (Å²) in [6, 6.07) is 18.0. The zero-order valence-electron chi connectivity index (χ0n) is 12.2. The first-order valence-electron chi connectivity index (χ1n) is 7.02. The van der Waals surface area contributed by atoms with Gasteiger partial charge in [0, 0.05) is 16.6 Å². The van der Waals surface area contributed by atoms with E-state index < -0.39 is 0 Å². The third-order valence-electron chi connectivity index (χ3n) is 3.29. The fraction of sp³-hybridized carbons (Fsp3) is 0.176. The lowest BCUT2D eigenvalue weighted by molar-refractivity contribution is 0.282. The monoisotopic (exact) mass is 357 g/mol. The highest BCUT2D eigenvalue weighted by atomic mass is 79.9. The van der Waals surface area contributed by atoms with Gasteiger partial charge in [0.05, 0.1) is 6.54 Å². The number of hydrogen-bond donors (Lipinski definition) is 0. The highest BCUT2D eigenvalue weighted by Gasteiger charge is 2.11. The van der Waals surface area contributed by atoms with Crippen LogP contribution in [0.25, 0.3) is 11.5 Å². The largest absolute Gasteiger partial charge is 0.419 e. The Bertz CT molecular complexity index is 742. The lowest BCUT2D eigenvalue weighted by Crippen LogP contribution is -2.17. The Hall–Kier alpha value is -1.98. The smallest absolute Gasteiger partial charge is 0.247 e. The van der Waals surface area contributed by atoms with Crippen molar-refractivity contribution in [2.45, 2.75) is 13.1 Å². The van der Waals surface area contributed by atoms with E-state index in [4.69, 9.17) is 4.42 Å². The molecule has 0 saturated carbocycles. The molecule has 2 aromatic carbocycles. The van der Waals surface area contributed by atoms with E-state index in [-0.39, 0.29) is 0 Å².